The minimum absolute atomic E-state index is 0. The maximum Gasteiger partial charge on any atom is 3.00 e. The number of aromatic nitrogens is 2. The van der Waals surface area contributed by atoms with Gasteiger partial charge in [-0.1, -0.05) is 106 Å². The Kier molecular flexibility index (Phi) is 20.9. The third kappa shape index (κ3) is 18.3. The molecule has 0 fully saturated rings. The van der Waals surface area contributed by atoms with Crippen molar-refractivity contribution in [2.45, 2.75) is 41.5 Å². The minimum Gasteiger partial charge on any atom is -0.876 e. The minimum atomic E-state index is -0.187. The van der Waals surface area contributed by atoms with Crippen LogP contribution in [0.2, 0.25) is 0 Å². The first-order chi connectivity index (χ1) is 24.2. The molecule has 0 unspecified atom stereocenters. The molecule has 11 heteroatoms. The van der Waals surface area contributed by atoms with E-state index in [2.05, 4.69) is 70.6 Å². The van der Waals surface area contributed by atoms with E-state index in [4.69, 9.17) is 0 Å². The van der Waals surface area contributed by atoms with Crippen LogP contribution in [0.15, 0.2) is 145 Å². The molecule has 8 nitrogen and oxygen atoms in total. The normalized spacial score (nSPS) is 10.8. The van der Waals surface area contributed by atoms with E-state index in [-0.39, 0.29) is 54.7 Å². The van der Waals surface area contributed by atoms with Crippen LogP contribution in [-0.2, 0) is 34.5 Å². The van der Waals surface area contributed by atoms with Gasteiger partial charge in [-0.25, -0.2) is 9.97 Å². The van der Waals surface area contributed by atoms with Gasteiger partial charge in [0.05, 0.1) is 20.4 Å². The number of benzene rings is 4. The molecule has 6 rings (SSSR count). The Labute approximate surface area is 325 Å². The second-order valence-corrected chi connectivity index (χ2v) is 12.9. The summed E-state index contributed by atoms with van der Waals surface area (Å²) >= 11 is 3.48. The molecule has 0 bridgehead atoms. The Balaban J connectivity index is 0.000000343. The summed E-state index contributed by atoms with van der Waals surface area (Å²) in [4.78, 5) is 39.1. The molecular weight excluding hydrogens is 873 g/mol. The Bertz CT molecular complexity index is 1850. The van der Waals surface area contributed by atoms with Gasteiger partial charge in [-0.15, -0.1) is 40.0 Å². The number of rotatable bonds is 5. The van der Waals surface area contributed by atoms with Crippen LogP contribution in [0, 0.1) is 0 Å². The Morgan fingerprint density at radius 2 is 0.731 bits per heavy atom. The SMILES string of the molecule is CC(=O)/C=C(/C)[O-].CC(=O)/C=C(/C)[O-].CC(=O)/C=C(/C)[O-].[Ir+3].c1ccc(-c2nc3ccccc3s2)cc1.c1ccc(-c2nc3ccccc3s2)cc1. The van der Waals surface area contributed by atoms with Gasteiger partial charge in [0.1, 0.15) is 10.0 Å². The second kappa shape index (κ2) is 24.2. The van der Waals surface area contributed by atoms with E-state index in [1.54, 1.807) is 22.7 Å². The van der Waals surface area contributed by atoms with Gasteiger partial charge in [-0.05, 0) is 63.3 Å². The zero-order chi connectivity index (χ0) is 37.8. The maximum atomic E-state index is 9.98. The van der Waals surface area contributed by atoms with Gasteiger partial charge in [-0.3, -0.25) is 14.4 Å². The number of fused-ring (bicyclic) bond motifs is 2. The van der Waals surface area contributed by atoms with Gasteiger partial charge in [0.2, 0.25) is 0 Å². The molecule has 0 saturated heterocycles. The van der Waals surface area contributed by atoms with Crippen LogP contribution < -0.4 is 15.3 Å². The van der Waals surface area contributed by atoms with Crippen molar-refractivity contribution in [1.82, 2.24) is 9.97 Å². The topological polar surface area (TPSA) is 146 Å². The summed E-state index contributed by atoms with van der Waals surface area (Å²) in [7, 11) is 0. The Morgan fingerprint density at radius 3 is 0.962 bits per heavy atom. The summed E-state index contributed by atoms with van der Waals surface area (Å²) < 4.78 is 2.49. The predicted octanol–water partition coefficient (Wildman–Crippen LogP) is 7.44. The number of hydrogen-bond acceptors (Lipinski definition) is 10. The number of nitrogens with zero attached hydrogens (tertiary/aromatic N) is 2. The molecule has 0 spiro atoms. The summed E-state index contributed by atoms with van der Waals surface area (Å²) in [6.07, 6.45) is 3.17. The number of carbonyl (C=O) groups excluding carboxylic acids is 3. The van der Waals surface area contributed by atoms with Crippen LogP contribution in [0.1, 0.15) is 41.5 Å². The van der Waals surface area contributed by atoms with Crippen LogP contribution in [0.5, 0.6) is 0 Å². The van der Waals surface area contributed by atoms with E-state index in [1.807, 2.05) is 48.5 Å². The maximum absolute atomic E-state index is 9.98. The third-order valence-corrected chi connectivity index (χ3v) is 8.02. The number of carbonyl (C=O) groups is 3. The van der Waals surface area contributed by atoms with Crippen molar-refractivity contribution in [1.29, 1.82) is 0 Å². The van der Waals surface area contributed by atoms with Crippen LogP contribution in [0.3, 0.4) is 0 Å². The van der Waals surface area contributed by atoms with Crippen molar-refractivity contribution in [3.8, 4) is 21.1 Å². The quantitative estimate of drug-likeness (QED) is 0.128. The number of hydrogen-bond donors (Lipinski definition) is 0. The first kappa shape index (κ1) is 45.0. The fourth-order valence-corrected chi connectivity index (χ4v) is 5.95. The van der Waals surface area contributed by atoms with Crippen molar-refractivity contribution >= 4 is 60.5 Å². The second-order valence-electron chi connectivity index (χ2n) is 10.8. The molecule has 0 saturated carbocycles. The molecular formula is C41H39IrN2O6S2. The molecule has 52 heavy (non-hydrogen) atoms. The molecule has 2 heterocycles. The molecule has 270 valence electrons. The molecule has 0 radical (unpaired) electrons. The van der Waals surface area contributed by atoms with E-state index < -0.39 is 0 Å². The molecule has 0 aliphatic rings. The van der Waals surface area contributed by atoms with Crippen molar-refractivity contribution in [3.05, 3.63) is 145 Å². The van der Waals surface area contributed by atoms with Crippen LogP contribution >= 0.6 is 22.7 Å². The van der Waals surface area contributed by atoms with E-state index >= 15 is 0 Å². The van der Waals surface area contributed by atoms with Crippen molar-refractivity contribution in [2.24, 2.45) is 0 Å². The molecule has 0 N–H and O–H groups in total. The van der Waals surface area contributed by atoms with Crippen molar-refractivity contribution in [2.75, 3.05) is 0 Å². The van der Waals surface area contributed by atoms with Crippen LogP contribution in [-0.4, -0.2) is 27.3 Å². The molecule has 0 atom stereocenters. The zero-order valence-electron chi connectivity index (χ0n) is 29.6. The largest absolute Gasteiger partial charge is 3.00 e. The van der Waals surface area contributed by atoms with Gasteiger partial charge in [-0.2, -0.15) is 0 Å². The number of para-hydroxylation sites is 2. The van der Waals surface area contributed by atoms with Gasteiger partial charge in [0, 0.05) is 11.1 Å². The van der Waals surface area contributed by atoms with E-state index in [0.29, 0.717) is 0 Å². The van der Waals surface area contributed by atoms with Gasteiger partial charge < -0.3 is 15.3 Å². The molecule has 4 aromatic carbocycles. The molecule has 0 amide bonds. The predicted molar refractivity (Wildman–Crippen MR) is 203 cm³/mol. The number of allylic oxidation sites excluding steroid dienone is 6. The molecule has 2 aromatic heterocycles. The monoisotopic (exact) mass is 912 g/mol. The Hall–Kier alpha value is -5.06. The summed E-state index contributed by atoms with van der Waals surface area (Å²) in [5, 5.41) is 32.1. The van der Waals surface area contributed by atoms with E-state index in [9.17, 15) is 29.7 Å². The average molecular weight is 912 g/mol. The van der Waals surface area contributed by atoms with E-state index in [1.165, 1.54) is 62.1 Å². The average Bonchev–Trinajstić information content (AvgIpc) is 3.70. The summed E-state index contributed by atoms with van der Waals surface area (Å²) in [6.45, 7) is 8.09. The third-order valence-electron chi connectivity index (χ3n) is 5.85. The molecule has 0 aliphatic heterocycles. The fourth-order valence-electron chi connectivity index (χ4n) is 4.01. The first-order valence-electron chi connectivity index (χ1n) is 15.6. The van der Waals surface area contributed by atoms with Crippen LogP contribution in [0.25, 0.3) is 41.6 Å². The Morgan fingerprint density at radius 1 is 0.462 bits per heavy atom. The van der Waals surface area contributed by atoms with Crippen LogP contribution in [0.4, 0.5) is 0 Å². The van der Waals surface area contributed by atoms with Gasteiger partial charge in [0.25, 0.3) is 0 Å². The van der Waals surface area contributed by atoms with Crippen molar-refractivity contribution < 1.29 is 49.8 Å². The summed E-state index contributed by atoms with van der Waals surface area (Å²) in [6, 6.07) is 37.1. The first-order valence-corrected chi connectivity index (χ1v) is 17.3. The van der Waals surface area contributed by atoms with Gasteiger partial charge in [0.15, 0.2) is 17.3 Å². The molecule has 6 aromatic rings. The summed E-state index contributed by atoms with van der Waals surface area (Å²) in [5.41, 5.74) is 4.56. The zero-order valence-corrected chi connectivity index (χ0v) is 33.6. The standard InChI is InChI=1S/2C13H9NS.3C5H8O2.Ir/c2*1-2-6-10(7-3-1)13-14-11-8-4-5-9-12(11)15-13;3*1-4(6)3-5(2)7;/h2*1-9H;3*3,6H,1-2H3;/q;;;;;+3/p-3/b;;3*4-3-;. The van der Waals surface area contributed by atoms with E-state index in [0.717, 1.165) is 39.3 Å². The number of ketones is 3. The molecule has 0 aliphatic carbocycles. The number of thiazole rings is 2. The van der Waals surface area contributed by atoms with Gasteiger partial charge >= 0.3 is 20.1 Å². The fraction of sp³-hybridized carbons (Fsp3) is 0.146. The summed E-state index contributed by atoms with van der Waals surface area (Å²) in [5.74, 6) is -1.12. The smallest absolute Gasteiger partial charge is 0.876 e. The van der Waals surface area contributed by atoms with Crippen molar-refractivity contribution in [3.63, 3.8) is 0 Å².